The lowest BCUT2D eigenvalue weighted by atomic mass is 10.0. The van der Waals surface area contributed by atoms with Gasteiger partial charge in [-0.2, -0.15) is 0 Å². The molecule has 4 aromatic carbocycles. The molecule has 2 N–H and O–H groups in total. The molecule has 4 aromatic rings. The van der Waals surface area contributed by atoms with Crippen LogP contribution in [0.2, 0.25) is 0 Å². The summed E-state index contributed by atoms with van der Waals surface area (Å²) in [5.74, 6) is -1.31. The number of carboxylic acid groups (broad SMARTS) is 1. The molecule has 0 spiro atoms. The molecule has 0 aromatic heterocycles. The van der Waals surface area contributed by atoms with Crippen molar-refractivity contribution >= 4 is 51.6 Å². The lowest BCUT2D eigenvalue weighted by Gasteiger charge is -2.28. The number of para-hydroxylation sites is 2. The number of non-ortho nitro benzene ring substituents is 1. The van der Waals surface area contributed by atoms with Crippen LogP contribution in [0.15, 0.2) is 84.9 Å². The number of likely N-dealkylation sites (N-methyl/N-ethyl adjacent to an activating group) is 1. The topological polar surface area (TPSA) is 163 Å². The van der Waals surface area contributed by atoms with Crippen LogP contribution in [0.1, 0.15) is 22.8 Å². The molecule has 0 saturated carbocycles. The number of hydrogen-bond donors (Lipinski definition) is 2. The van der Waals surface area contributed by atoms with Crippen LogP contribution in [-0.2, 0) is 16.1 Å². The predicted octanol–water partition coefficient (Wildman–Crippen LogP) is 4.43. The van der Waals surface area contributed by atoms with Gasteiger partial charge in [-0.05, 0) is 48.0 Å². The van der Waals surface area contributed by atoms with Gasteiger partial charge >= 0.3 is 6.09 Å². The number of hydrogen-bond acceptors (Lipinski definition) is 7. The van der Waals surface area contributed by atoms with Crippen molar-refractivity contribution in [2.24, 2.45) is 0 Å². The van der Waals surface area contributed by atoms with Gasteiger partial charge < -0.3 is 25.0 Å². The zero-order valence-electron chi connectivity index (χ0n) is 25.2. The largest absolute Gasteiger partial charge is 0.496 e. The number of amides is 4. The number of nitro benzene ring substituents is 1. The molecule has 1 aliphatic heterocycles. The van der Waals surface area contributed by atoms with Crippen molar-refractivity contribution in [3.8, 4) is 5.75 Å². The van der Waals surface area contributed by atoms with E-state index in [4.69, 9.17) is 4.74 Å². The second kappa shape index (κ2) is 12.9. The molecular weight excluding hydrogens is 594 g/mol. The van der Waals surface area contributed by atoms with E-state index in [1.54, 1.807) is 30.3 Å². The average Bonchev–Trinajstić information content (AvgIpc) is 3.18. The molecule has 5 rings (SSSR count). The van der Waals surface area contributed by atoms with Crippen molar-refractivity contribution in [3.05, 3.63) is 106 Å². The Hall–Kier alpha value is -5.98. The quantitative estimate of drug-likeness (QED) is 0.215. The Kier molecular flexibility index (Phi) is 8.85. The van der Waals surface area contributed by atoms with E-state index in [9.17, 15) is 34.4 Å². The number of carbonyl (C=O) groups is 4. The first kappa shape index (κ1) is 31.4. The molecule has 0 aliphatic carbocycles. The minimum absolute atomic E-state index is 0.0108. The fraction of sp³-hybridized carbons (Fsp3) is 0.212. The Morgan fingerprint density at radius 1 is 1.02 bits per heavy atom. The van der Waals surface area contributed by atoms with Crippen LogP contribution >= 0.6 is 0 Å². The number of nitro groups is 1. The van der Waals surface area contributed by atoms with E-state index in [0.29, 0.717) is 22.7 Å². The summed E-state index contributed by atoms with van der Waals surface area (Å²) in [5.41, 5.74) is 1.37. The SMILES string of the molecule is COc1ccc2ccccc2c1CN1C(=O)[C@@H](NC(=O)[C@H](C)N(C)C(=O)O)CN(C(=O)c2ccc([N+](=O)[O-])cc2)c2ccccc21. The molecule has 0 unspecified atom stereocenters. The van der Waals surface area contributed by atoms with Gasteiger partial charge in [-0.3, -0.25) is 29.4 Å². The lowest BCUT2D eigenvalue weighted by Crippen LogP contribution is -2.56. The van der Waals surface area contributed by atoms with E-state index in [1.807, 2.05) is 30.3 Å². The molecule has 0 saturated heterocycles. The third-order valence-electron chi connectivity index (χ3n) is 8.08. The van der Waals surface area contributed by atoms with E-state index in [1.165, 1.54) is 55.1 Å². The van der Waals surface area contributed by atoms with Crippen molar-refractivity contribution in [3.63, 3.8) is 0 Å². The number of fused-ring (bicyclic) bond motifs is 2. The molecule has 2 atom stereocenters. The van der Waals surface area contributed by atoms with Crippen LogP contribution in [0, 0.1) is 10.1 Å². The second-order valence-electron chi connectivity index (χ2n) is 10.7. The van der Waals surface area contributed by atoms with Crippen LogP contribution in [0.5, 0.6) is 5.75 Å². The van der Waals surface area contributed by atoms with E-state index in [-0.39, 0.29) is 24.3 Å². The minimum Gasteiger partial charge on any atom is -0.496 e. The highest BCUT2D eigenvalue weighted by molar-refractivity contribution is 6.13. The smallest absolute Gasteiger partial charge is 0.407 e. The van der Waals surface area contributed by atoms with Gasteiger partial charge in [-0.25, -0.2) is 4.79 Å². The van der Waals surface area contributed by atoms with E-state index < -0.39 is 40.8 Å². The monoisotopic (exact) mass is 625 g/mol. The van der Waals surface area contributed by atoms with Crippen LogP contribution in [0.25, 0.3) is 10.8 Å². The molecule has 46 heavy (non-hydrogen) atoms. The van der Waals surface area contributed by atoms with Gasteiger partial charge in [0.25, 0.3) is 17.5 Å². The minimum atomic E-state index is -1.33. The molecule has 13 heteroatoms. The molecule has 1 aliphatic rings. The molecule has 0 radical (unpaired) electrons. The van der Waals surface area contributed by atoms with E-state index >= 15 is 0 Å². The van der Waals surface area contributed by atoms with Crippen molar-refractivity contribution in [1.29, 1.82) is 0 Å². The second-order valence-corrected chi connectivity index (χ2v) is 10.7. The predicted molar refractivity (Wildman–Crippen MR) is 170 cm³/mol. The van der Waals surface area contributed by atoms with Gasteiger partial charge in [0, 0.05) is 30.3 Å². The van der Waals surface area contributed by atoms with Crippen LogP contribution in [-0.4, -0.2) is 71.5 Å². The normalized spacial score (nSPS) is 15.0. The molecule has 0 bridgehead atoms. The standard InChI is InChI=1S/C33H31N5O8/c1-20(35(2)33(42)43)30(39)34-26-19-37(31(40)22-12-15-23(16-13-22)38(44)45)28-11-7-6-10-27(28)36(32(26)41)18-25-24-9-5-4-8-21(24)14-17-29(25)46-3/h4-17,20,26H,18-19H2,1-3H3,(H,34,39)(H,42,43)/t20-,26-/m0/s1. The highest BCUT2D eigenvalue weighted by Gasteiger charge is 2.39. The summed E-state index contributed by atoms with van der Waals surface area (Å²) >= 11 is 0. The molecule has 1 heterocycles. The average molecular weight is 626 g/mol. The van der Waals surface area contributed by atoms with Crippen molar-refractivity contribution in [1.82, 2.24) is 10.2 Å². The number of methoxy groups -OCH3 is 1. The number of nitrogens with zero attached hydrogens (tertiary/aromatic N) is 4. The van der Waals surface area contributed by atoms with E-state index in [2.05, 4.69) is 5.32 Å². The van der Waals surface area contributed by atoms with E-state index in [0.717, 1.165) is 15.7 Å². The summed E-state index contributed by atoms with van der Waals surface area (Å²) in [6, 6.07) is 20.7. The third kappa shape index (κ3) is 6.02. The van der Waals surface area contributed by atoms with Gasteiger partial charge in [0.05, 0.1) is 36.5 Å². The summed E-state index contributed by atoms with van der Waals surface area (Å²) in [6.07, 6.45) is -1.33. The molecule has 236 valence electrons. The maximum atomic E-state index is 14.5. The number of ether oxygens (including phenoxy) is 1. The fourth-order valence-corrected chi connectivity index (χ4v) is 5.39. The summed E-state index contributed by atoms with van der Waals surface area (Å²) in [5, 5.41) is 25.1. The number of nitrogens with one attached hydrogen (secondary N) is 1. The Morgan fingerprint density at radius 3 is 2.33 bits per heavy atom. The zero-order chi connectivity index (χ0) is 33.1. The van der Waals surface area contributed by atoms with Crippen molar-refractivity contribution in [2.75, 3.05) is 30.5 Å². The van der Waals surface area contributed by atoms with Gasteiger partial charge in [0.1, 0.15) is 17.8 Å². The Balaban J connectivity index is 1.63. The lowest BCUT2D eigenvalue weighted by molar-refractivity contribution is -0.384. The highest BCUT2D eigenvalue weighted by atomic mass is 16.6. The van der Waals surface area contributed by atoms with Gasteiger partial charge in [-0.15, -0.1) is 0 Å². The van der Waals surface area contributed by atoms with Crippen LogP contribution in [0.3, 0.4) is 0 Å². The molecule has 13 nitrogen and oxygen atoms in total. The first-order valence-electron chi connectivity index (χ1n) is 14.3. The molecule has 4 amide bonds. The van der Waals surface area contributed by atoms with Crippen molar-refractivity contribution < 1.29 is 33.9 Å². The van der Waals surface area contributed by atoms with Crippen LogP contribution in [0.4, 0.5) is 21.9 Å². The zero-order valence-corrected chi connectivity index (χ0v) is 25.2. The maximum absolute atomic E-state index is 14.5. The van der Waals surface area contributed by atoms with Crippen molar-refractivity contribution in [2.45, 2.75) is 25.6 Å². The number of rotatable bonds is 8. The van der Waals surface area contributed by atoms with Gasteiger partial charge in [-0.1, -0.05) is 42.5 Å². The molecule has 0 fully saturated rings. The number of carbonyl (C=O) groups excluding carboxylic acids is 3. The fourth-order valence-electron chi connectivity index (χ4n) is 5.39. The van der Waals surface area contributed by atoms with Crippen LogP contribution < -0.4 is 19.9 Å². The first-order valence-corrected chi connectivity index (χ1v) is 14.3. The number of anilines is 2. The third-order valence-corrected chi connectivity index (χ3v) is 8.08. The highest BCUT2D eigenvalue weighted by Crippen LogP contribution is 2.37. The summed E-state index contributed by atoms with van der Waals surface area (Å²) in [6.45, 7) is 1.10. The number of benzene rings is 4. The summed E-state index contributed by atoms with van der Waals surface area (Å²) in [7, 11) is 2.76. The summed E-state index contributed by atoms with van der Waals surface area (Å²) < 4.78 is 5.68. The Labute approximate surface area is 263 Å². The summed E-state index contributed by atoms with van der Waals surface area (Å²) in [4.78, 5) is 67.6. The van der Waals surface area contributed by atoms with Gasteiger partial charge in [0.15, 0.2) is 0 Å². The Bertz CT molecular complexity index is 1840. The maximum Gasteiger partial charge on any atom is 0.407 e. The first-order chi connectivity index (χ1) is 22.0. The Morgan fingerprint density at radius 2 is 1.67 bits per heavy atom. The van der Waals surface area contributed by atoms with Gasteiger partial charge in [0.2, 0.25) is 5.91 Å². The molecular formula is C33H31N5O8.